The van der Waals surface area contributed by atoms with Crippen molar-refractivity contribution in [2.75, 3.05) is 7.05 Å². The third kappa shape index (κ3) is 1.97. The smallest absolute Gasteiger partial charge is 0.414 e. The predicted octanol–water partition coefficient (Wildman–Crippen LogP) is 2.00. The average molecular weight is 157 g/mol. The van der Waals surface area contributed by atoms with E-state index in [1.807, 2.05) is 13.8 Å². The normalized spacial score (nSPS) is 22.5. The molecule has 0 aromatic heterocycles. The maximum absolute atomic E-state index is 10.6. The lowest BCUT2D eigenvalue weighted by molar-refractivity contribution is 0.142. The molecule has 0 spiro atoms. The van der Waals surface area contributed by atoms with Gasteiger partial charge in [0, 0.05) is 7.05 Å². The molecule has 11 heavy (non-hydrogen) atoms. The van der Waals surface area contributed by atoms with Crippen molar-refractivity contribution >= 4 is 6.09 Å². The Bertz CT molecular complexity index is 165. The minimum absolute atomic E-state index is 0.150. The molecule has 0 saturated carbocycles. The third-order valence-corrected chi connectivity index (χ3v) is 1.45. The summed E-state index contributed by atoms with van der Waals surface area (Å²) >= 11 is 0. The van der Waals surface area contributed by atoms with Gasteiger partial charge < -0.3 is 4.74 Å². The van der Waals surface area contributed by atoms with E-state index in [4.69, 9.17) is 4.74 Å². The Kier molecular flexibility index (Phi) is 3.65. The van der Waals surface area contributed by atoms with Crippen LogP contribution in [-0.2, 0) is 4.74 Å². The van der Waals surface area contributed by atoms with Gasteiger partial charge in [-0.05, 0) is 6.92 Å². The zero-order valence-electron chi connectivity index (χ0n) is 7.55. The summed E-state index contributed by atoms with van der Waals surface area (Å²) in [6, 6.07) is 0. The SMILES string of the molecule is C=C1C(C)OC(=O)N1C.CC. The van der Waals surface area contributed by atoms with Crippen molar-refractivity contribution in [2.24, 2.45) is 0 Å². The maximum atomic E-state index is 10.6. The Morgan fingerprint density at radius 1 is 1.55 bits per heavy atom. The number of hydrogen-bond acceptors (Lipinski definition) is 2. The highest BCUT2D eigenvalue weighted by Crippen LogP contribution is 2.17. The lowest BCUT2D eigenvalue weighted by Gasteiger charge is -2.03. The number of rotatable bonds is 0. The predicted molar refractivity (Wildman–Crippen MR) is 44.2 cm³/mol. The van der Waals surface area contributed by atoms with Gasteiger partial charge in [-0.1, -0.05) is 20.4 Å². The number of cyclic esters (lactones) is 1. The van der Waals surface area contributed by atoms with Crippen LogP contribution in [0.1, 0.15) is 20.8 Å². The summed E-state index contributed by atoms with van der Waals surface area (Å²) in [6.45, 7) is 9.44. The molecule has 0 aromatic rings. The molecule has 0 aromatic carbocycles. The van der Waals surface area contributed by atoms with Crippen LogP contribution in [-0.4, -0.2) is 24.1 Å². The third-order valence-electron chi connectivity index (χ3n) is 1.45. The highest BCUT2D eigenvalue weighted by molar-refractivity contribution is 5.72. The van der Waals surface area contributed by atoms with E-state index >= 15 is 0 Å². The molecule has 0 bridgehead atoms. The van der Waals surface area contributed by atoms with Gasteiger partial charge >= 0.3 is 6.09 Å². The first kappa shape index (κ1) is 10.0. The molecule has 0 radical (unpaired) electrons. The number of hydrogen-bond donors (Lipinski definition) is 0. The van der Waals surface area contributed by atoms with Crippen molar-refractivity contribution in [3.8, 4) is 0 Å². The molecular weight excluding hydrogens is 142 g/mol. The fraction of sp³-hybridized carbons (Fsp3) is 0.625. The van der Waals surface area contributed by atoms with Crippen LogP contribution in [0.25, 0.3) is 0 Å². The summed E-state index contributed by atoms with van der Waals surface area (Å²) < 4.78 is 4.77. The first-order valence-electron chi connectivity index (χ1n) is 3.76. The molecule has 1 saturated heterocycles. The Labute approximate surface area is 67.6 Å². The van der Waals surface area contributed by atoms with Crippen LogP contribution >= 0.6 is 0 Å². The Hall–Kier alpha value is -0.990. The lowest BCUT2D eigenvalue weighted by atomic mass is 10.3. The van der Waals surface area contributed by atoms with E-state index < -0.39 is 0 Å². The number of ether oxygens (including phenoxy) is 1. The molecule has 1 rings (SSSR count). The fourth-order valence-corrected chi connectivity index (χ4v) is 0.688. The summed E-state index contributed by atoms with van der Waals surface area (Å²) in [5.41, 5.74) is 0.722. The molecule has 64 valence electrons. The Balaban J connectivity index is 0.000000461. The van der Waals surface area contributed by atoms with Crippen LogP contribution in [0.5, 0.6) is 0 Å². The largest absolute Gasteiger partial charge is 0.440 e. The molecule has 1 atom stereocenters. The van der Waals surface area contributed by atoms with E-state index in [9.17, 15) is 4.79 Å². The van der Waals surface area contributed by atoms with E-state index in [1.54, 1.807) is 14.0 Å². The first-order chi connectivity index (χ1) is 5.13. The Morgan fingerprint density at radius 2 is 2.00 bits per heavy atom. The van der Waals surface area contributed by atoms with Crippen LogP contribution in [0, 0.1) is 0 Å². The zero-order chi connectivity index (χ0) is 9.02. The average Bonchev–Trinajstić information content (AvgIpc) is 2.22. The van der Waals surface area contributed by atoms with E-state index in [1.165, 1.54) is 4.90 Å². The molecule has 1 fully saturated rings. The number of carbonyl (C=O) groups excluding carboxylic acids is 1. The molecular formula is C8H15NO2. The zero-order valence-corrected chi connectivity index (χ0v) is 7.55. The van der Waals surface area contributed by atoms with Crippen molar-refractivity contribution < 1.29 is 9.53 Å². The van der Waals surface area contributed by atoms with Gasteiger partial charge in [0.15, 0.2) is 0 Å². The van der Waals surface area contributed by atoms with Crippen LogP contribution in [0.2, 0.25) is 0 Å². The molecule has 1 unspecified atom stereocenters. The molecule has 1 aliphatic heterocycles. The number of nitrogens with zero attached hydrogens (tertiary/aromatic N) is 1. The van der Waals surface area contributed by atoms with Gasteiger partial charge in [-0.25, -0.2) is 4.79 Å². The highest BCUT2D eigenvalue weighted by Gasteiger charge is 2.28. The van der Waals surface area contributed by atoms with Gasteiger partial charge in [0.2, 0.25) is 0 Å². The van der Waals surface area contributed by atoms with E-state index in [-0.39, 0.29) is 12.2 Å². The second-order valence-corrected chi connectivity index (χ2v) is 2.08. The lowest BCUT2D eigenvalue weighted by Crippen LogP contribution is -2.15. The fourth-order valence-electron chi connectivity index (χ4n) is 0.688. The van der Waals surface area contributed by atoms with Gasteiger partial charge in [-0.2, -0.15) is 0 Å². The summed E-state index contributed by atoms with van der Waals surface area (Å²) in [7, 11) is 1.65. The minimum atomic E-state index is -0.312. The standard InChI is InChI=1S/C6H9NO2.C2H6/c1-4-5(2)9-6(8)7(4)3;1-2/h5H,1H2,2-3H3;1-2H3. The molecule has 1 aliphatic rings. The van der Waals surface area contributed by atoms with E-state index in [0.29, 0.717) is 0 Å². The molecule has 1 amide bonds. The summed E-state index contributed by atoms with van der Waals surface area (Å²) in [5.74, 6) is 0. The quantitative estimate of drug-likeness (QED) is 0.538. The van der Waals surface area contributed by atoms with Crippen molar-refractivity contribution in [1.82, 2.24) is 4.90 Å². The van der Waals surface area contributed by atoms with Crippen LogP contribution < -0.4 is 0 Å². The van der Waals surface area contributed by atoms with Crippen LogP contribution in [0.3, 0.4) is 0 Å². The molecule has 0 aliphatic carbocycles. The first-order valence-corrected chi connectivity index (χ1v) is 3.76. The maximum Gasteiger partial charge on any atom is 0.414 e. The Morgan fingerprint density at radius 3 is 2.09 bits per heavy atom. The topological polar surface area (TPSA) is 29.5 Å². The van der Waals surface area contributed by atoms with Gasteiger partial charge in [0.05, 0.1) is 5.70 Å². The minimum Gasteiger partial charge on any atom is -0.440 e. The van der Waals surface area contributed by atoms with Gasteiger partial charge in [0.25, 0.3) is 0 Å². The summed E-state index contributed by atoms with van der Waals surface area (Å²) in [5, 5.41) is 0. The summed E-state index contributed by atoms with van der Waals surface area (Å²) in [4.78, 5) is 12.0. The second kappa shape index (κ2) is 4.01. The van der Waals surface area contributed by atoms with Gasteiger partial charge in [0.1, 0.15) is 6.10 Å². The monoisotopic (exact) mass is 157 g/mol. The van der Waals surface area contributed by atoms with Crippen molar-refractivity contribution in [2.45, 2.75) is 26.9 Å². The number of likely N-dealkylation sites (N-methyl/N-ethyl adjacent to an activating group) is 1. The van der Waals surface area contributed by atoms with E-state index in [0.717, 1.165) is 5.70 Å². The van der Waals surface area contributed by atoms with Crippen molar-refractivity contribution in [3.05, 3.63) is 12.3 Å². The van der Waals surface area contributed by atoms with Gasteiger partial charge in [-0.3, -0.25) is 4.90 Å². The number of amides is 1. The van der Waals surface area contributed by atoms with Crippen molar-refractivity contribution in [1.29, 1.82) is 0 Å². The molecule has 3 heteroatoms. The van der Waals surface area contributed by atoms with E-state index in [2.05, 4.69) is 6.58 Å². The van der Waals surface area contributed by atoms with Crippen LogP contribution in [0.15, 0.2) is 12.3 Å². The van der Waals surface area contributed by atoms with Crippen LogP contribution in [0.4, 0.5) is 4.79 Å². The van der Waals surface area contributed by atoms with Crippen molar-refractivity contribution in [3.63, 3.8) is 0 Å². The second-order valence-electron chi connectivity index (χ2n) is 2.08. The van der Waals surface area contributed by atoms with Gasteiger partial charge in [-0.15, -0.1) is 0 Å². The molecule has 3 nitrogen and oxygen atoms in total. The summed E-state index contributed by atoms with van der Waals surface area (Å²) in [6.07, 6.45) is -0.463. The molecule has 1 heterocycles. The highest BCUT2D eigenvalue weighted by atomic mass is 16.6. The molecule has 0 N–H and O–H groups in total. The number of carbonyl (C=O) groups is 1.